The predicted molar refractivity (Wildman–Crippen MR) is 71.7 cm³/mol. The van der Waals surface area contributed by atoms with E-state index in [4.69, 9.17) is 0 Å². The molecule has 0 saturated carbocycles. The maximum atomic E-state index is 4.60. The predicted octanol–water partition coefficient (Wildman–Crippen LogP) is 4.44. The fourth-order valence-electron chi connectivity index (χ4n) is 1.69. The van der Waals surface area contributed by atoms with E-state index in [9.17, 15) is 0 Å². The van der Waals surface area contributed by atoms with E-state index in [0.29, 0.717) is 0 Å². The second-order valence-electron chi connectivity index (χ2n) is 4.02. The van der Waals surface area contributed by atoms with Crippen molar-refractivity contribution in [1.29, 1.82) is 0 Å². The maximum absolute atomic E-state index is 4.60. The molecule has 84 valence electrons. The second kappa shape index (κ2) is 4.79. The fourth-order valence-corrected chi connectivity index (χ4v) is 2.62. The molecule has 2 heteroatoms. The average Bonchev–Trinajstić information content (AvgIpc) is 2.53. The number of rotatable bonds is 2. The third-order valence-corrected chi connectivity index (χ3v) is 4.00. The molecule has 1 aliphatic carbocycles. The van der Waals surface area contributed by atoms with Gasteiger partial charge in [0.05, 0.1) is 5.69 Å². The molecule has 2 rings (SSSR count). The van der Waals surface area contributed by atoms with Gasteiger partial charge in [0.2, 0.25) is 0 Å². The van der Waals surface area contributed by atoms with Crippen molar-refractivity contribution in [1.82, 2.24) is 4.98 Å². The van der Waals surface area contributed by atoms with Crippen molar-refractivity contribution in [2.75, 3.05) is 0 Å². The molecule has 0 aromatic carbocycles. The van der Waals surface area contributed by atoms with Gasteiger partial charge in [0.1, 0.15) is 5.01 Å². The summed E-state index contributed by atoms with van der Waals surface area (Å²) in [5, 5.41) is 1.15. The van der Waals surface area contributed by atoms with E-state index in [2.05, 4.69) is 50.1 Å². The molecule has 0 fully saturated rings. The Morgan fingerprint density at radius 3 is 2.69 bits per heavy atom. The SMILES string of the molecule is CCC1=CCC=C(c2nc(C)c(C)s2)C=C1. The summed E-state index contributed by atoms with van der Waals surface area (Å²) in [5.74, 6) is 0. The van der Waals surface area contributed by atoms with E-state index in [-0.39, 0.29) is 0 Å². The number of nitrogens with zero attached hydrogens (tertiary/aromatic N) is 1. The summed E-state index contributed by atoms with van der Waals surface area (Å²) in [7, 11) is 0. The molecule has 0 bridgehead atoms. The third-order valence-electron chi connectivity index (χ3n) is 2.88. The van der Waals surface area contributed by atoms with Crippen molar-refractivity contribution in [3.05, 3.63) is 45.5 Å². The molecule has 0 unspecified atom stereocenters. The smallest absolute Gasteiger partial charge is 0.123 e. The molecule has 0 saturated heterocycles. The lowest BCUT2D eigenvalue weighted by Gasteiger charge is -1.94. The Labute approximate surface area is 101 Å². The largest absolute Gasteiger partial charge is 0.241 e. The van der Waals surface area contributed by atoms with E-state index in [1.807, 2.05) is 0 Å². The first-order valence-electron chi connectivity index (χ1n) is 5.72. The Bertz CT molecular complexity index is 455. The molecule has 16 heavy (non-hydrogen) atoms. The lowest BCUT2D eigenvalue weighted by Crippen LogP contribution is -1.79. The Kier molecular flexibility index (Phi) is 3.39. The number of thiazole rings is 1. The van der Waals surface area contributed by atoms with Crippen LogP contribution in [0.3, 0.4) is 0 Å². The van der Waals surface area contributed by atoms with E-state index < -0.39 is 0 Å². The van der Waals surface area contributed by atoms with E-state index in [0.717, 1.165) is 23.5 Å². The van der Waals surface area contributed by atoms with E-state index >= 15 is 0 Å². The summed E-state index contributed by atoms with van der Waals surface area (Å²) in [6.07, 6.45) is 11.1. The highest BCUT2D eigenvalue weighted by molar-refractivity contribution is 7.12. The van der Waals surface area contributed by atoms with Crippen LogP contribution in [0, 0.1) is 13.8 Å². The zero-order valence-corrected chi connectivity index (χ0v) is 10.9. The topological polar surface area (TPSA) is 12.9 Å². The molecule has 0 radical (unpaired) electrons. The highest BCUT2D eigenvalue weighted by Crippen LogP contribution is 2.27. The first kappa shape index (κ1) is 11.3. The molecule has 0 N–H and O–H groups in total. The molecule has 0 atom stereocenters. The normalized spacial score (nSPS) is 15.7. The number of allylic oxidation sites excluding steroid dienone is 6. The summed E-state index contributed by atoms with van der Waals surface area (Å²) >= 11 is 1.79. The number of aromatic nitrogens is 1. The van der Waals surface area contributed by atoms with Crippen LogP contribution in [-0.4, -0.2) is 4.98 Å². The Hall–Kier alpha value is -1.15. The minimum Gasteiger partial charge on any atom is -0.241 e. The summed E-state index contributed by atoms with van der Waals surface area (Å²) in [6, 6.07) is 0. The van der Waals surface area contributed by atoms with Crippen LogP contribution in [0.15, 0.2) is 29.9 Å². The number of hydrogen-bond acceptors (Lipinski definition) is 2. The quantitative estimate of drug-likeness (QED) is 0.733. The second-order valence-corrected chi connectivity index (χ2v) is 5.22. The Balaban J connectivity index is 2.27. The summed E-state index contributed by atoms with van der Waals surface area (Å²) in [6.45, 7) is 6.40. The minimum atomic E-state index is 1.02. The monoisotopic (exact) mass is 231 g/mol. The van der Waals surface area contributed by atoms with Crippen LogP contribution in [0.25, 0.3) is 5.57 Å². The molecule has 1 aliphatic rings. The molecule has 0 spiro atoms. The van der Waals surface area contributed by atoms with Crippen LogP contribution in [0.4, 0.5) is 0 Å². The zero-order valence-electron chi connectivity index (χ0n) is 10.1. The summed E-state index contributed by atoms with van der Waals surface area (Å²) in [5.41, 5.74) is 3.83. The van der Waals surface area contributed by atoms with Crippen LogP contribution < -0.4 is 0 Å². The van der Waals surface area contributed by atoms with Gasteiger partial charge in [-0.15, -0.1) is 11.3 Å². The summed E-state index contributed by atoms with van der Waals surface area (Å²) in [4.78, 5) is 5.92. The van der Waals surface area contributed by atoms with Crippen LogP contribution >= 0.6 is 11.3 Å². The van der Waals surface area contributed by atoms with Crippen LogP contribution in [-0.2, 0) is 0 Å². The zero-order chi connectivity index (χ0) is 11.5. The summed E-state index contributed by atoms with van der Waals surface area (Å²) < 4.78 is 0. The van der Waals surface area contributed by atoms with Crippen molar-refractivity contribution in [2.24, 2.45) is 0 Å². The van der Waals surface area contributed by atoms with Gasteiger partial charge in [0, 0.05) is 10.5 Å². The van der Waals surface area contributed by atoms with E-state index in [1.165, 1.54) is 16.0 Å². The van der Waals surface area contributed by atoms with E-state index in [1.54, 1.807) is 11.3 Å². The van der Waals surface area contributed by atoms with Crippen LogP contribution in [0.2, 0.25) is 0 Å². The van der Waals surface area contributed by atoms with Crippen LogP contribution in [0.5, 0.6) is 0 Å². The molecule has 1 aromatic heterocycles. The average molecular weight is 231 g/mol. The first-order chi connectivity index (χ1) is 7.70. The number of aryl methyl sites for hydroxylation is 2. The molecule has 0 amide bonds. The molecule has 1 aromatic rings. The van der Waals surface area contributed by atoms with Gasteiger partial charge in [-0.25, -0.2) is 4.98 Å². The Morgan fingerprint density at radius 2 is 2.06 bits per heavy atom. The van der Waals surface area contributed by atoms with Crippen molar-refractivity contribution in [2.45, 2.75) is 33.6 Å². The lowest BCUT2D eigenvalue weighted by molar-refractivity contribution is 1.13. The highest BCUT2D eigenvalue weighted by atomic mass is 32.1. The molecule has 1 heterocycles. The van der Waals surface area contributed by atoms with Gasteiger partial charge in [-0.1, -0.05) is 36.8 Å². The van der Waals surface area contributed by atoms with Gasteiger partial charge < -0.3 is 0 Å². The fraction of sp³-hybridized carbons (Fsp3) is 0.357. The van der Waals surface area contributed by atoms with Crippen molar-refractivity contribution < 1.29 is 0 Å². The van der Waals surface area contributed by atoms with Crippen molar-refractivity contribution >= 4 is 16.9 Å². The Morgan fingerprint density at radius 1 is 1.25 bits per heavy atom. The van der Waals surface area contributed by atoms with Crippen LogP contribution in [0.1, 0.15) is 35.3 Å². The molecule has 1 nitrogen and oxygen atoms in total. The van der Waals surface area contributed by atoms with Gasteiger partial charge in [0.15, 0.2) is 0 Å². The molecular formula is C14H17NS. The van der Waals surface area contributed by atoms with Gasteiger partial charge in [-0.05, 0) is 26.7 Å². The third kappa shape index (κ3) is 2.33. The molecular weight excluding hydrogens is 214 g/mol. The van der Waals surface area contributed by atoms with Gasteiger partial charge in [-0.3, -0.25) is 0 Å². The first-order valence-corrected chi connectivity index (χ1v) is 6.54. The van der Waals surface area contributed by atoms with Gasteiger partial charge in [0.25, 0.3) is 0 Å². The van der Waals surface area contributed by atoms with Crippen molar-refractivity contribution in [3.63, 3.8) is 0 Å². The van der Waals surface area contributed by atoms with Gasteiger partial charge in [-0.2, -0.15) is 0 Å². The van der Waals surface area contributed by atoms with Gasteiger partial charge >= 0.3 is 0 Å². The molecule has 0 aliphatic heterocycles. The standard InChI is InChI=1S/C14H17NS/c1-4-12-6-5-7-13(9-8-12)14-15-10(2)11(3)16-14/h6-9H,4-5H2,1-3H3. The lowest BCUT2D eigenvalue weighted by atomic mass is 10.2. The highest BCUT2D eigenvalue weighted by Gasteiger charge is 2.07. The van der Waals surface area contributed by atoms with Crippen molar-refractivity contribution in [3.8, 4) is 0 Å². The maximum Gasteiger partial charge on any atom is 0.123 e. The minimum absolute atomic E-state index is 1.02. The number of hydrogen-bond donors (Lipinski definition) is 0.